The Hall–Kier alpha value is -0.160. The van der Waals surface area contributed by atoms with Crippen LogP contribution in [0.15, 0.2) is 0 Å². The molecular weight excluding hydrogens is 254 g/mol. The lowest BCUT2D eigenvalue weighted by molar-refractivity contribution is -0.00774. The van der Waals surface area contributed by atoms with Crippen LogP contribution < -0.4 is 5.32 Å². The van der Waals surface area contributed by atoms with Crippen molar-refractivity contribution < 1.29 is 14.2 Å². The van der Waals surface area contributed by atoms with E-state index in [4.69, 9.17) is 14.2 Å². The molecule has 0 unspecified atom stereocenters. The number of rotatable bonds is 11. The standard InChI is InChI=1S/C16H33NO3/c1-15(2)13-17-14-16(6-11-20-12-7-16)5-10-19-9-4-8-18-3/h15,17H,4-14H2,1-3H3. The first-order valence-electron chi connectivity index (χ1n) is 8.04. The normalized spacial score (nSPS) is 18.6. The van der Waals surface area contributed by atoms with Crippen LogP contribution in [0.1, 0.15) is 39.5 Å². The first-order valence-corrected chi connectivity index (χ1v) is 8.04. The van der Waals surface area contributed by atoms with Gasteiger partial charge in [0.15, 0.2) is 0 Å². The topological polar surface area (TPSA) is 39.7 Å². The summed E-state index contributed by atoms with van der Waals surface area (Å²) in [6.45, 7) is 10.9. The monoisotopic (exact) mass is 287 g/mol. The quantitative estimate of drug-likeness (QED) is 0.593. The van der Waals surface area contributed by atoms with Crippen molar-refractivity contribution >= 4 is 0 Å². The minimum atomic E-state index is 0.369. The lowest BCUT2D eigenvalue weighted by Gasteiger charge is -2.37. The van der Waals surface area contributed by atoms with Gasteiger partial charge in [-0.3, -0.25) is 0 Å². The van der Waals surface area contributed by atoms with Gasteiger partial charge < -0.3 is 19.5 Å². The average Bonchev–Trinajstić information content (AvgIpc) is 2.43. The van der Waals surface area contributed by atoms with Crippen molar-refractivity contribution in [2.75, 3.05) is 53.2 Å². The molecule has 0 amide bonds. The molecule has 1 aliphatic heterocycles. The van der Waals surface area contributed by atoms with Crippen LogP contribution in [0.3, 0.4) is 0 Å². The van der Waals surface area contributed by atoms with Gasteiger partial charge in [-0.25, -0.2) is 0 Å². The number of nitrogens with one attached hydrogen (secondary N) is 1. The molecule has 0 aromatic carbocycles. The van der Waals surface area contributed by atoms with Crippen LogP contribution in [0.25, 0.3) is 0 Å². The second kappa shape index (κ2) is 10.6. The highest BCUT2D eigenvalue weighted by molar-refractivity contribution is 4.84. The number of hydrogen-bond donors (Lipinski definition) is 1. The van der Waals surface area contributed by atoms with Gasteiger partial charge in [0.1, 0.15) is 0 Å². The first kappa shape index (κ1) is 17.9. The van der Waals surface area contributed by atoms with Crippen LogP contribution in [0.4, 0.5) is 0 Å². The van der Waals surface area contributed by atoms with Crippen molar-refractivity contribution in [1.29, 1.82) is 0 Å². The van der Waals surface area contributed by atoms with Gasteiger partial charge in [-0.1, -0.05) is 13.8 Å². The van der Waals surface area contributed by atoms with Gasteiger partial charge in [0, 0.05) is 46.7 Å². The van der Waals surface area contributed by atoms with E-state index in [2.05, 4.69) is 19.2 Å². The summed E-state index contributed by atoms with van der Waals surface area (Å²) in [5.41, 5.74) is 0.369. The Morgan fingerprint density at radius 2 is 1.90 bits per heavy atom. The second-order valence-electron chi connectivity index (χ2n) is 6.35. The zero-order valence-electron chi connectivity index (χ0n) is 13.6. The Bertz CT molecular complexity index is 228. The molecule has 1 aliphatic rings. The summed E-state index contributed by atoms with van der Waals surface area (Å²) in [5, 5.41) is 3.63. The number of ether oxygens (including phenoxy) is 3. The summed E-state index contributed by atoms with van der Waals surface area (Å²) in [6.07, 6.45) is 4.42. The molecule has 4 nitrogen and oxygen atoms in total. The van der Waals surface area contributed by atoms with E-state index in [9.17, 15) is 0 Å². The number of hydrogen-bond acceptors (Lipinski definition) is 4. The second-order valence-corrected chi connectivity index (χ2v) is 6.35. The fraction of sp³-hybridized carbons (Fsp3) is 1.00. The van der Waals surface area contributed by atoms with E-state index in [1.165, 1.54) is 0 Å². The molecule has 1 N–H and O–H groups in total. The molecule has 0 aliphatic carbocycles. The van der Waals surface area contributed by atoms with E-state index in [0.717, 1.165) is 71.8 Å². The minimum Gasteiger partial charge on any atom is -0.385 e. The van der Waals surface area contributed by atoms with E-state index in [0.29, 0.717) is 11.3 Å². The molecule has 1 heterocycles. The minimum absolute atomic E-state index is 0.369. The van der Waals surface area contributed by atoms with Gasteiger partial charge in [-0.15, -0.1) is 0 Å². The highest BCUT2D eigenvalue weighted by atomic mass is 16.5. The lowest BCUT2D eigenvalue weighted by atomic mass is 9.77. The predicted molar refractivity (Wildman–Crippen MR) is 82.1 cm³/mol. The summed E-state index contributed by atoms with van der Waals surface area (Å²) in [4.78, 5) is 0. The molecule has 20 heavy (non-hydrogen) atoms. The maximum atomic E-state index is 5.74. The molecule has 0 spiro atoms. The Labute approximate surface area is 124 Å². The van der Waals surface area contributed by atoms with Crippen molar-refractivity contribution in [3.8, 4) is 0 Å². The smallest absolute Gasteiger partial charge is 0.0487 e. The van der Waals surface area contributed by atoms with Crippen molar-refractivity contribution in [3.05, 3.63) is 0 Å². The lowest BCUT2D eigenvalue weighted by Crippen LogP contribution is -2.41. The zero-order chi connectivity index (χ0) is 14.7. The van der Waals surface area contributed by atoms with Crippen LogP contribution >= 0.6 is 0 Å². The Morgan fingerprint density at radius 3 is 2.55 bits per heavy atom. The molecule has 1 saturated heterocycles. The first-order chi connectivity index (χ1) is 9.68. The Kier molecular flexibility index (Phi) is 9.44. The molecule has 0 bridgehead atoms. The van der Waals surface area contributed by atoms with Gasteiger partial charge in [0.25, 0.3) is 0 Å². The van der Waals surface area contributed by atoms with E-state index in [1.807, 2.05) is 0 Å². The van der Waals surface area contributed by atoms with Gasteiger partial charge in [-0.2, -0.15) is 0 Å². The summed E-state index contributed by atoms with van der Waals surface area (Å²) in [6, 6.07) is 0. The molecule has 120 valence electrons. The molecule has 1 fully saturated rings. The van der Waals surface area contributed by atoms with Crippen LogP contribution in [-0.4, -0.2) is 53.2 Å². The molecule has 4 heteroatoms. The van der Waals surface area contributed by atoms with E-state index < -0.39 is 0 Å². The maximum Gasteiger partial charge on any atom is 0.0487 e. The van der Waals surface area contributed by atoms with Crippen LogP contribution in [-0.2, 0) is 14.2 Å². The van der Waals surface area contributed by atoms with Crippen LogP contribution in [0.5, 0.6) is 0 Å². The molecule has 0 aromatic rings. The third-order valence-electron chi connectivity index (χ3n) is 4.02. The van der Waals surface area contributed by atoms with E-state index in [1.54, 1.807) is 7.11 Å². The largest absolute Gasteiger partial charge is 0.385 e. The summed E-state index contributed by atoms with van der Waals surface area (Å²) in [7, 11) is 1.73. The summed E-state index contributed by atoms with van der Waals surface area (Å²) in [5.74, 6) is 0.706. The fourth-order valence-corrected chi connectivity index (χ4v) is 2.64. The molecule has 0 aromatic heterocycles. The van der Waals surface area contributed by atoms with Gasteiger partial charge in [0.2, 0.25) is 0 Å². The molecule has 0 atom stereocenters. The van der Waals surface area contributed by atoms with E-state index >= 15 is 0 Å². The van der Waals surface area contributed by atoms with Crippen molar-refractivity contribution in [3.63, 3.8) is 0 Å². The van der Waals surface area contributed by atoms with Crippen molar-refractivity contribution in [2.24, 2.45) is 11.3 Å². The fourth-order valence-electron chi connectivity index (χ4n) is 2.64. The Morgan fingerprint density at radius 1 is 1.15 bits per heavy atom. The molecule has 1 rings (SSSR count). The molecule has 0 radical (unpaired) electrons. The summed E-state index contributed by atoms with van der Waals surface area (Å²) < 4.78 is 16.3. The average molecular weight is 287 g/mol. The Balaban J connectivity index is 2.24. The summed E-state index contributed by atoms with van der Waals surface area (Å²) >= 11 is 0. The third kappa shape index (κ3) is 7.58. The van der Waals surface area contributed by atoms with E-state index in [-0.39, 0.29) is 0 Å². The van der Waals surface area contributed by atoms with Crippen LogP contribution in [0.2, 0.25) is 0 Å². The highest BCUT2D eigenvalue weighted by Gasteiger charge is 2.31. The number of methoxy groups -OCH3 is 1. The van der Waals surface area contributed by atoms with Gasteiger partial charge >= 0.3 is 0 Å². The third-order valence-corrected chi connectivity index (χ3v) is 4.02. The van der Waals surface area contributed by atoms with Crippen molar-refractivity contribution in [2.45, 2.75) is 39.5 Å². The van der Waals surface area contributed by atoms with Gasteiger partial charge in [0.05, 0.1) is 0 Å². The highest BCUT2D eigenvalue weighted by Crippen LogP contribution is 2.33. The zero-order valence-corrected chi connectivity index (χ0v) is 13.6. The van der Waals surface area contributed by atoms with Crippen molar-refractivity contribution in [1.82, 2.24) is 5.32 Å². The molecule has 0 saturated carbocycles. The SMILES string of the molecule is COCCCOCCC1(CNCC(C)C)CCOCC1. The molecular formula is C16H33NO3. The maximum absolute atomic E-state index is 5.74. The van der Waals surface area contributed by atoms with Crippen LogP contribution in [0, 0.1) is 11.3 Å². The predicted octanol–water partition coefficient (Wildman–Crippen LogP) is 2.47. The van der Waals surface area contributed by atoms with Gasteiger partial charge in [-0.05, 0) is 43.6 Å².